The van der Waals surface area contributed by atoms with E-state index in [4.69, 9.17) is 4.74 Å². The molecule has 0 fully saturated rings. The summed E-state index contributed by atoms with van der Waals surface area (Å²) in [5.74, 6) is 0.570. The van der Waals surface area contributed by atoms with Gasteiger partial charge >= 0.3 is 0 Å². The minimum Gasteiger partial charge on any atom is -0.385 e. The molecule has 1 aromatic rings. The van der Waals surface area contributed by atoms with E-state index in [1.807, 2.05) is 0 Å². The zero-order chi connectivity index (χ0) is 13.5. The molecule has 3 heteroatoms. The summed E-state index contributed by atoms with van der Waals surface area (Å²) in [6.07, 6.45) is 1.08. The van der Waals surface area contributed by atoms with Gasteiger partial charge in [0.05, 0.1) is 0 Å². The summed E-state index contributed by atoms with van der Waals surface area (Å²) in [6, 6.07) is 6.98. The van der Waals surface area contributed by atoms with Gasteiger partial charge in [0.25, 0.3) is 0 Å². The molecule has 1 N–H and O–H groups in total. The van der Waals surface area contributed by atoms with Crippen molar-refractivity contribution in [2.24, 2.45) is 5.92 Å². The van der Waals surface area contributed by atoms with Crippen LogP contribution in [0.25, 0.3) is 0 Å². The van der Waals surface area contributed by atoms with E-state index >= 15 is 0 Å². The fourth-order valence-corrected chi connectivity index (χ4v) is 2.91. The average molecular weight is 361 g/mol. The third-order valence-corrected chi connectivity index (χ3v) is 4.80. The van der Waals surface area contributed by atoms with E-state index in [1.54, 1.807) is 7.11 Å². The van der Waals surface area contributed by atoms with Crippen LogP contribution in [-0.4, -0.2) is 20.3 Å². The maximum absolute atomic E-state index is 5.20. The molecule has 18 heavy (non-hydrogen) atoms. The van der Waals surface area contributed by atoms with Crippen molar-refractivity contribution < 1.29 is 4.74 Å². The van der Waals surface area contributed by atoms with Crippen molar-refractivity contribution in [3.63, 3.8) is 0 Å². The lowest BCUT2D eigenvalue weighted by molar-refractivity contribution is 0.170. The number of hydrogen-bond donors (Lipinski definition) is 1. The van der Waals surface area contributed by atoms with E-state index in [0.717, 1.165) is 19.6 Å². The van der Waals surface area contributed by atoms with Crippen LogP contribution in [0.4, 0.5) is 0 Å². The maximum atomic E-state index is 5.20. The average Bonchev–Trinajstić information content (AvgIpc) is 2.37. The molecular formula is C15H24INO. The normalized spacial score (nSPS) is 14.5. The van der Waals surface area contributed by atoms with Gasteiger partial charge in [0, 0.05) is 23.3 Å². The van der Waals surface area contributed by atoms with Crippen LogP contribution in [0.2, 0.25) is 0 Å². The SMILES string of the molecule is CCNC(c1cccc(C)c1I)C(C)CCOC. The van der Waals surface area contributed by atoms with Crippen molar-refractivity contribution in [3.05, 3.63) is 32.9 Å². The molecule has 0 aromatic heterocycles. The van der Waals surface area contributed by atoms with E-state index in [0.29, 0.717) is 12.0 Å². The summed E-state index contributed by atoms with van der Waals surface area (Å²) in [7, 11) is 1.77. The molecular weight excluding hydrogens is 337 g/mol. The highest BCUT2D eigenvalue weighted by molar-refractivity contribution is 14.1. The molecule has 0 aliphatic carbocycles. The van der Waals surface area contributed by atoms with Gasteiger partial charge in [-0.15, -0.1) is 0 Å². The molecule has 2 nitrogen and oxygen atoms in total. The van der Waals surface area contributed by atoms with Gasteiger partial charge < -0.3 is 10.1 Å². The van der Waals surface area contributed by atoms with Crippen LogP contribution >= 0.6 is 22.6 Å². The first-order valence-electron chi connectivity index (χ1n) is 6.59. The van der Waals surface area contributed by atoms with Gasteiger partial charge in [-0.1, -0.05) is 32.0 Å². The quantitative estimate of drug-likeness (QED) is 0.744. The molecule has 2 unspecified atom stereocenters. The van der Waals surface area contributed by atoms with E-state index in [-0.39, 0.29) is 0 Å². The number of rotatable bonds is 7. The molecule has 0 saturated carbocycles. The third kappa shape index (κ3) is 4.21. The van der Waals surface area contributed by atoms with Crippen molar-refractivity contribution in [1.29, 1.82) is 0 Å². The highest BCUT2D eigenvalue weighted by Crippen LogP contribution is 2.29. The Bertz CT molecular complexity index is 368. The van der Waals surface area contributed by atoms with Crippen LogP contribution in [0, 0.1) is 16.4 Å². The zero-order valence-corrected chi connectivity index (χ0v) is 14.0. The smallest absolute Gasteiger partial charge is 0.0465 e. The van der Waals surface area contributed by atoms with Crippen LogP contribution in [0.15, 0.2) is 18.2 Å². The zero-order valence-electron chi connectivity index (χ0n) is 11.8. The Morgan fingerprint density at radius 1 is 1.39 bits per heavy atom. The van der Waals surface area contributed by atoms with Gasteiger partial charge in [0.15, 0.2) is 0 Å². The standard InChI is InChI=1S/C15H24INO/c1-5-17-15(12(3)9-10-18-4)13-8-6-7-11(2)14(13)16/h6-8,12,15,17H,5,9-10H2,1-4H3. The molecule has 0 aliphatic heterocycles. The second-order valence-corrected chi connectivity index (χ2v) is 5.85. The summed E-state index contributed by atoms with van der Waals surface area (Å²) in [5, 5.41) is 3.62. The largest absolute Gasteiger partial charge is 0.385 e. The first kappa shape index (κ1) is 15.9. The van der Waals surface area contributed by atoms with Crippen molar-refractivity contribution in [3.8, 4) is 0 Å². The van der Waals surface area contributed by atoms with Crippen LogP contribution in [-0.2, 0) is 4.74 Å². The predicted molar refractivity (Wildman–Crippen MR) is 86.0 cm³/mol. The Hall–Kier alpha value is -0.130. The van der Waals surface area contributed by atoms with Gasteiger partial charge in [-0.2, -0.15) is 0 Å². The molecule has 1 aromatic carbocycles. The summed E-state index contributed by atoms with van der Waals surface area (Å²) < 4.78 is 6.58. The molecule has 102 valence electrons. The molecule has 0 bridgehead atoms. The second-order valence-electron chi connectivity index (χ2n) is 4.77. The van der Waals surface area contributed by atoms with E-state index in [9.17, 15) is 0 Å². The summed E-state index contributed by atoms with van der Waals surface area (Å²) >= 11 is 2.46. The highest BCUT2D eigenvalue weighted by Gasteiger charge is 2.20. The number of benzene rings is 1. The number of methoxy groups -OCH3 is 1. The Balaban J connectivity index is 2.92. The van der Waals surface area contributed by atoms with Gasteiger partial charge in [0.2, 0.25) is 0 Å². The fourth-order valence-electron chi connectivity index (χ4n) is 2.22. The van der Waals surface area contributed by atoms with E-state index in [2.05, 4.69) is 66.9 Å². The molecule has 2 atom stereocenters. The molecule has 0 spiro atoms. The molecule has 0 radical (unpaired) electrons. The summed E-state index contributed by atoms with van der Waals surface area (Å²) in [6.45, 7) is 8.45. The topological polar surface area (TPSA) is 21.3 Å². The third-order valence-electron chi connectivity index (χ3n) is 3.33. The number of halogens is 1. The van der Waals surface area contributed by atoms with Crippen molar-refractivity contribution in [1.82, 2.24) is 5.32 Å². The first-order chi connectivity index (χ1) is 8.61. The minimum atomic E-state index is 0.414. The molecule has 0 aliphatic rings. The van der Waals surface area contributed by atoms with Crippen LogP contribution in [0.3, 0.4) is 0 Å². The number of aryl methyl sites for hydroxylation is 1. The summed E-state index contributed by atoms with van der Waals surface area (Å²) in [5.41, 5.74) is 2.77. The fraction of sp³-hybridized carbons (Fsp3) is 0.600. The summed E-state index contributed by atoms with van der Waals surface area (Å²) in [4.78, 5) is 0. The van der Waals surface area contributed by atoms with E-state index in [1.165, 1.54) is 14.7 Å². The molecule has 1 rings (SSSR count). The molecule has 0 heterocycles. The monoisotopic (exact) mass is 361 g/mol. The van der Waals surface area contributed by atoms with Crippen LogP contribution < -0.4 is 5.32 Å². The van der Waals surface area contributed by atoms with E-state index < -0.39 is 0 Å². The molecule has 0 saturated heterocycles. The Morgan fingerprint density at radius 2 is 2.11 bits per heavy atom. The maximum Gasteiger partial charge on any atom is 0.0465 e. The highest BCUT2D eigenvalue weighted by atomic mass is 127. The Kier molecular flexibility index (Phi) is 7.19. The Morgan fingerprint density at radius 3 is 2.72 bits per heavy atom. The Labute approximate surface area is 125 Å². The van der Waals surface area contributed by atoms with Gasteiger partial charge in [-0.3, -0.25) is 0 Å². The van der Waals surface area contributed by atoms with Crippen molar-refractivity contribution in [2.75, 3.05) is 20.3 Å². The second kappa shape index (κ2) is 8.12. The lowest BCUT2D eigenvalue weighted by Gasteiger charge is -2.26. The lowest BCUT2D eigenvalue weighted by Crippen LogP contribution is -2.28. The lowest BCUT2D eigenvalue weighted by atomic mass is 9.91. The molecule has 0 amide bonds. The predicted octanol–water partition coefficient (Wildman–Crippen LogP) is 3.92. The van der Waals surface area contributed by atoms with Crippen LogP contribution in [0.1, 0.15) is 37.4 Å². The van der Waals surface area contributed by atoms with Gasteiger partial charge in [-0.05, 0) is 59.5 Å². The van der Waals surface area contributed by atoms with Crippen molar-refractivity contribution >= 4 is 22.6 Å². The first-order valence-corrected chi connectivity index (χ1v) is 7.67. The number of hydrogen-bond acceptors (Lipinski definition) is 2. The number of ether oxygens (including phenoxy) is 1. The minimum absolute atomic E-state index is 0.414. The van der Waals surface area contributed by atoms with Gasteiger partial charge in [-0.25, -0.2) is 0 Å². The van der Waals surface area contributed by atoms with Crippen LogP contribution in [0.5, 0.6) is 0 Å². The van der Waals surface area contributed by atoms with Gasteiger partial charge in [0.1, 0.15) is 0 Å². The van der Waals surface area contributed by atoms with Crippen molar-refractivity contribution in [2.45, 2.75) is 33.2 Å². The number of nitrogens with one attached hydrogen (secondary N) is 1.